The number of likely N-dealkylation sites (tertiary alicyclic amines) is 1. The molecule has 0 saturated carbocycles. The molecule has 0 spiro atoms. The normalized spacial score (nSPS) is 17.4. The number of benzene rings is 3. The average molecular weight is 618 g/mol. The van der Waals surface area contributed by atoms with Crippen LogP contribution in [0.4, 0.5) is 16.2 Å². The van der Waals surface area contributed by atoms with Crippen LogP contribution < -0.4 is 10.2 Å². The molecule has 0 atom stereocenters. The first-order valence-electron chi connectivity index (χ1n) is 12.7. The minimum Gasteiger partial charge on any atom is -0.369 e. The molecule has 38 heavy (non-hydrogen) atoms. The molecule has 3 aromatic rings. The van der Waals surface area contributed by atoms with Crippen LogP contribution >= 0.6 is 27.5 Å². The van der Waals surface area contributed by atoms with Crippen LogP contribution in [0.2, 0.25) is 5.02 Å². The number of hydrogen-bond donors (Lipinski definition) is 1. The number of carbonyl (C=O) groups is 1. The number of hydrogen-bond acceptors (Lipinski definition) is 5. The van der Waals surface area contributed by atoms with Gasteiger partial charge < -0.3 is 15.1 Å². The van der Waals surface area contributed by atoms with Crippen molar-refractivity contribution in [2.24, 2.45) is 0 Å². The molecule has 2 aliphatic rings. The maximum atomic E-state index is 12.9. The number of piperazine rings is 1. The molecule has 0 unspecified atom stereocenters. The minimum atomic E-state index is -3.62. The highest BCUT2D eigenvalue weighted by Crippen LogP contribution is 2.25. The number of piperidine rings is 1. The lowest BCUT2D eigenvalue weighted by atomic mass is 10.0. The Hall–Kier alpha value is -2.59. The summed E-state index contributed by atoms with van der Waals surface area (Å²) in [6.45, 7) is 5.38. The monoisotopic (exact) mass is 616 g/mol. The second-order valence-electron chi connectivity index (χ2n) is 9.63. The van der Waals surface area contributed by atoms with Gasteiger partial charge in [0.25, 0.3) is 0 Å². The van der Waals surface area contributed by atoms with Crippen LogP contribution in [0, 0.1) is 0 Å². The van der Waals surface area contributed by atoms with Gasteiger partial charge in [0, 0.05) is 66.2 Å². The van der Waals surface area contributed by atoms with Gasteiger partial charge in [0.2, 0.25) is 9.84 Å². The molecule has 5 rings (SSSR count). The van der Waals surface area contributed by atoms with Gasteiger partial charge in [-0.2, -0.15) is 0 Å². The van der Waals surface area contributed by atoms with Gasteiger partial charge in [0.05, 0.1) is 9.79 Å². The lowest BCUT2D eigenvalue weighted by Crippen LogP contribution is -2.54. The summed E-state index contributed by atoms with van der Waals surface area (Å²) in [5, 5.41) is 3.67. The first-order chi connectivity index (χ1) is 18.3. The van der Waals surface area contributed by atoms with E-state index in [0.29, 0.717) is 24.8 Å². The highest BCUT2D eigenvalue weighted by molar-refractivity contribution is 9.10. The number of amides is 2. The van der Waals surface area contributed by atoms with E-state index < -0.39 is 9.84 Å². The van der Waals surface area contributed by atoms with Gasteiger partial charge in [-0.05, 0) is 85.6 Å². The third kappa shape index (κ3) is 6.17. The molecule has 2 fully saturated rings. The first kappa shape index (κ1) is 27.0. The number of anilines is 2. The summed E-state index contributed by atoms with van der Waals surface area (Å²) in [4.78, 5) is 20.1. The second-order valence-corrected chi connectivity index (χ2v) is 12.9. The Kier molecular flexibility index (Phi) is 8.28. The van der Waals surface area contributed by atoms with E-state index in [4.69, 9.17) is 11.6 Å². The Labute approximate surface area is 237 Å². The second kappa shape index (κ2) is 11.7. The predicted molar refractivity (Wildman–Crippen MR) is 155 cm³/mol. The molecule has 0 aliphatic carbocycles. The summed E-state index contributed by atoms with van der Waals surface area (Å²) in [6, 6.07) is 21.2. The van der Waals surface area contributed by atoms with Crippen molar-refractivity contribution < 1.29 is 13.2 Å². The zero-order chi connectivity index (χ0) is 26.7. The Balaban J connectivity index is 1.10. The van der Waals surface area contributed by atoms with Gasteiger partial charge in [0.1, 0.15) is 0 Å². The minimum absolute atomic E-state index is 0.153. The molecule has 7 nitrogen and oxygen atoms in total. The average Bonchev–Trinajstić information content (AvgIpc) is 2.94. The molecule has 1 N–H and O–H groups in total. The van der Waals surface area contributed by atoms with Gasteiger partial charge >= 0.3 is 6.03 Å². The van der Waals surface area contributed by atoms with E-state index in [1.54, 1.807) is 36.4 Å². The number of carbonyl (C=O) groups excluding carboxylic acids is 1. The van der Waals surface area contributed by atoms with Crippen LogP contribution in [0.1, 0.15) is 12.8 Å². The third-order valence-corrected chi connectivity index (χ3v) is 9.88. The molecule has 2 heterocycles. The molecule has 2 amide bonds. The Morgan fingerprint density at radius 1 is 0.789 bits per heavy atom. The molecular weight excluding hydrogens is 588 g/mol. The van der Waals surface area contributed by atoms with Gasteiger partial charge in [0.15, 0.2) is 0 Å². The molecular formula is C28H30BrClN4O3S. The largest absolute Gasteiger partial charge is 0.369 e. The maximum absolute atomic E-state index is 12.9. The molecule has 2 aliphatic heterocycles. The Morgan fingerprint density at radius 2 is 1.34 bits per heavy atom. The standard InChI is InChI=1S/C28H30BrClN4O3S/c29-21-1-9-26(10-2-21)38(36,37)27-11-5-23(6-12-27)31-28(35)34-15-13-25(14-16-34)33-19-17-32(18-20-33)24-7-3-22(30)4-8-24/h1-12,25H,13-20H2,(H,31,35). The van der Waals surface area contributed by atoms with Crippen LogP contribution in [0.25, 0.3) is 0 Å². The van der Waals surface area contributed by atoms with Crippen LogP contribution in [-0.2, 0) is 9.84 Å². The van der Waals surface area contributed by atoms with Crippen molar-refractivity contribution in [3.63, 3.8) is 0 Å². The van der Waals surface area contributed by atoms with E-state index in [-0.39, 0.29) is 15.8 Å². The molecule has 2 saturated heterocycles. The van der Waals surface area contributed by atoms with Crippen molar-refractivity contribution in [1.82, 2.24) is 9.80 Å². The fourth-order valence-corrected chi connectivity index (χ4v) is 6.75. The molecule has 0 bridgehead atoms. The van der Waals surface area contributed by atoms with Gasteiger partial charge in [-0.15, -0.1) is 0 Å². The van der Waals surface area contributed by atoms with E-state index in [1.807, 2.05) is 17.0 Å². The number of urea groups is 1. The number of nitrogens with zero attached hydrogens (tertiary/aromatic N) is 3. The van der Waals surface area contributed by atoms with E-state index >= 15 is 0 Å². The van der Waals surface area contributed by atoms with Gasteiger partial charge in [-0.1, -0.05) is 27.5 Å². The van der Waals surface area contributed by atoms with Gasteiger partial charge in [-0.25, -0.2) is 13.2 Å². The van der Waals surface area contributed by atoms with Crippen molar-refractivity contribution in [2.75, 3.05) is 49.5 Å². The predicted octanol–water partition coefficient (Wildman–Crippen LogP) is 5.75. The third-order valence-electron chi connectivity index (χ3n) is 7.31. The summed E-state index contributed by atoms with van der Waals surface area (Å²) in [5.74, 6) is 0. The summed E-state index contributed by atoms with van der Waals surface area (Å²) < 4.78 is 26.5. The molecule has 3 aromatic carbocycles. The van der Waals surface area contributed by atoms with Crippen molar-refractivity contribution in [2.45, 2.75) is 28.7 Å². The van der Waals surface area contributed by atoms with Crippen molar-refractivity contribution in [3.05, 3.63) is 82.3 Å². The zero-order valence-electron chi connectivity index (χ0n) is 20.9. The number of rotatable bonds is 5. The SMILES string of the molecule is O=C(Nc1ccc(S(=O)(=O)c2ccc(Br)cc2)cc1)N1CCC(N2CCN(c3ccc(Cl)cc3)CC2)CC1. The Bertz CT molecular complexity index is 1350. The van der Waals surface area contributed by atoms with Crippen LogP contribution in [0.3, 0.4) is 0 Å². The summed E-state index contributed by atoms with van der Waals surface area (Å²) in [5.41, 5.74) is 1.78. The number of sulfone groups is 1. The zero-order valence-corrected chi connectivity index (χ0v) is 24.1. The van der Waals surface area contributed by atoms with E-state index in [9.17, 15) is 13.2 Å². The topological polar surface area (TPSA) is 73.0 Å². The molecule has 200 valence electrons. The molecule has 0 aromatic heterocycles. The fourth-order valence-electron chi connectivity index (χ4n) is 5.10. The van der Waals surface area contributed by atoms with Gasteiger partial charge in [-0.3, -0.25) is 4.90 Å². The smallest absolute Gasteiger partial charge is 0.321 e. The lowest BCUT2D eigenvalue weighted by Gasteiger charge is -2.43. The lowest BCUT2D eigenvalue weighted by molar-refractivity contribution is 0.116. The highest BCUT2D eigenvalue weighted by Gasteiger charge is 2.29. The van der Waals surface area contributed by atoms with Crippen molar-refractivity contribution in [3.8, 4) is 0 Å². The fraction of sp³-hybridized carbons (Fsp3) is 0.321. The van der Waals surface area contributed by atoms with E-state index in [0.717, 1.165) is 48.5 Å². The van der Waals surface area contributed by atoms with Crippen LogP contribution in [0.15, 0.2) is 87.1 Å². The first-order valence-corrected chi connectivity index (χ1v) is 15.4. The summed E-state index contributed by atoms with van der Waals surface area (Å²) in [6.07, 6.45) is 1.89. The number of nitrogens with one attached hydrogen (secondary N) is 1. The highest BCUT2D eigenvalue weighted by atomic mass is 79.9. The Morgan fingerprint density at radius 3 is 1.92 bits per heavy atom. The van der Waals surface area contributed by atoms with Crippen molar-refractivity contribution in [1.29, 1.82) is 0 Å². The number of halogens is 2. The summed E-state index contributed by atoms with van der Waals surface area (Å²) in [7, 11) is -3.62. The molecule has 10 heteroatoms. The van der Waals surface area contributed by atoms with Crippen LogP contribution in [-0.4, -0.2) is 69.6 Å². The van der Waals surface area contributed by atoms with Crippen LogP contribution in [0.5, 0.6) is 0 Å². The summed E-state index contributed by atoms with van der Waals surface area (Å²) >= 11 is 9.34. The van der Waals surface area contributed by atoms with E-state index in [1.165, 1.54) is 17.8 Å². The maximum Gasteiger partial charge on any atom is 0.321 e. The van der Waals surface area contributed by atoms with E-state index in [2.05, 4.69) is 43.2 Å². The van der Waals surface area contributed by atoms with Crippen molar-refractivity contribution >= 4 is 54.8 Å². The molecule has 0 radical (unpaired) electrons. The quantitative estimate of drug-likeness (QED) is 0.395.